The average Bonchev–Trinajstić information content (AvgIpc) is 2.91. The fourth-order valence-corrected chi connectivity index (χ4v) is 2.34. The second-order valence-corrected chi connectivity index (χ2v) is 4.84. The number of tetrazole rings is 1. The Morgan fingerprint density at radius 2 is 1.42 bits per heavy atom. The molecule has 1 heterocycles. The van der Waals surface area contributed by atoms with Gasteiger partial charge in [-0.25, -0.2) is 0 Å². The highest BCUT2D eigenvalue weighted by molar-refractivity contribution is 6.35. The summed E-state index contributed by atoms with van der Waals surface area (Å²) in [7, 11) is 0. The third-order valence-electron chi connectivity index (χ3n) is 2.68. The van der Waals surface area contributed by atoms with Crippen molar-refractivity contribution >= 4 is 23.2 Å². The number of benzene rings is 2. The second kappa shape index (κ2) is 4.99. The summed E-state index contributed by atoms with van der Waals surface area (Å²) in [5, 5.41) is 15.0. The molecule has 0 fully saturated rings. The van der Waals surface area contributed by atoms with Crippen LogP contribution in [-0.2, 0) is 0 Å². The molecule has 19 heavy (non-hydrogen) atoms. The van der Waals surface area contributed by atoms with Crippen LogP contribution in [0.4, 0.5) is 0 Å². The van der Waals surface area contributed by atoms with Crippen LogP contribution in [0.3, 0.4) is 0 Å². The number of aromatic amines is 1. The van der Waals surface area contributed by atoms with Crippen LogP contribution in [0, 0.1) is 0 Å². The largest absolute Gasteiger partial charge is 0.204 e. The fraction of sp³-hybridized carbons (Fsp3) is 0. The molecule has 2 aromatic carbocycles. The third kappa shape index (κ3) is 2.59. The molecule has 0 spiro atoms. The highest BCUT2D eigenvalue weighted by Crippen LogP contribution is 2.28. The predicted octanol–water partition coefficient (Wildman–Crippen LogP) is 3.84. The van der Waals surface area contributed by atoms with Crippen molar-refractivity contribution in [3.8, 4) is 22.5 Å². The molecule has 0 saturated carbocycles. The molecule has 0 radical (unpaired) electrons. The van der Waals surface area contributed by atoms with Crippen molar-refractivity contribution in [3.63, 3.8) is 0 Å². The van der Waals surface area contributed by atoms with Gasteiger partial charge in [-0.15, -0.1) is 10.2 Å². The van der Waals surface area contributed by atoms with Crippen molar-refractivity contribution in [1.29, 1.82) is 0 Å². The van der Waals surface area contributed by atoms with Crippen molar-refractivity contribution in [1.82, 2.24) is 20.6 Å². The van der Waals surface area contributed by atoms with E-state index in [-0.39, 0.29) is 0 Å². The van der Waals surface area contributed by atoms with Gasteiger partial charge >= 0.3 is 0 Å². The van der Waals surface area contributed by atoms with Crippen LogP contribution in [0.15, 0.2) is 42.5 Å². The van der Waals surface area contributed by atoms with E-state index in [9.17, 15) is 0 Å². The fourth-order valence-electron chi connectivity index (χ4n) is 1.82. The monoisotopic (exact) mass is 290 g/mol. The van der Waals surface area contributed by atoms with Crippen molar-refractivity contribution < 1.29 is 0 Å². The van der Waals surface area contributed by atoms with Crippen LogP contribution in [-0.4, -0.2) is 20.6 Å². The minimum absolute atomic E-state index is 0.565. The van der Waals surface area contributed by atoms with Gasteiger partial charge in [-0.1, -0.05) is 47.5 Å². The van der Waals surface area contributed by atoms with Crippen molar-refractivity contribution in [2.75, 3.05) is 0 Å². The Labute approximate surface area is 119 Å². The average molecular weight is 291 g/mol. The Balaban J connectivity index is 1.98. The zero-order valence-corrected chi connectivity index (χ0v) is 11.2. The highest BCUT2D eigenvalue weighted by Gasteiger charge is 2.05. The number of halogens is 2. The topological polar surface area (TPSA) is 54.5 Å². The maximum atomic E-state index is 6.00. The Bertz CT molecular complexity index is 673. The molecule has 0 amide bonds. The smallest absolute Gasteiger partial charge is 0.177 e. The van der Waals surface area contributed by atoms with Crippen LogP contribution in [0.2, 0.25) is 10.0 Å². The van der Waals surface area contributed by atoms with E-state index in [4.69, 9.17) is 23.2 Å². The van der Waals surface area contributed by atoms with E-state index in [1.807, 2.05) is 36.4 Å². The Kier molecular flexibility index (Phi) is 3.19. The van der Waals surface area contributed by atoms with Crippen molar-refractivity contribution in [3.05, 3.63) is 52.5 Å². The van der Waals surface area contributed by atoms with Crippen LogP contribution in [0.1, 0.15) is 0 Å². The van der Waals surface area contributed by atoms with Crippen molar-refractivity contribution in [2.45, 2.75) is 0 Å². The van der Waals surface area contributed by atoms with E-state index in [2.05, 4.69) is 20.6 Å². The van der Waals surface area contributed by atoms with Gasteiger partial charge in [0.25, 0.3) is 0 Å². The maximum Gasteiger partial charge on any atom is 0.204 e. The molecule has 3 rings (SSSR count). The quantitative estimate of drug-likeness (QED) is 0.780. The first-order chi connectivity index (χ1) is 9.22. The van der Waals surface area contributed by atoms with Gasteiger partial charge in [0.05, 0.1) is 0 Å². The van der Waals surface area contributed by atoms with Gasteiger partial charge in [-0.3, -0.25) is 0 Å². The molecular formula is C13H8Cl2N4. The minimum atomic E-state index is 0.565. The normalized spacial score (nSPS) is 10.6. The van der Waals surface area contributed by atoms with Gasteiger partial charge in [-0.2, -0.15) is 5.21 Å². The number of aromatic nitrogens is 4. The molecule has 3 aromatic rings. The molecule has 4 nitrogen and oxygen atoms in total. The molecule has 0 unspecified atom stereocenters. The molecule has 0 bridgehead atoms. The molecule has 6 heteroatoms. The van der Waals surface area contributed by atoms with E-state index in [1.54, 1.807) is 6.07 Å². The van der Waals surface area contributed by atoms with Crippen LogP contribution in [0.25, 0.3) is 22.5 Å². The summed E-state index contributed by atoms with van der Waals surface area (Å²) in [5.74, 6) is 0.565. The first kappa shape index (κ1) is 12.1. The SMILES string of the molecule is Clc1cc(Cl)cc(-c2ccc(-c3nn[nH]n3)cc2)c1. The summed E-state index contributed by atoms with van der Waals surface area (Å²) in [5.41, 5.74) is 2.89. The molecule has 94 valence electrons. The van der Waals surface area contributed by atoms with E-state index in [0.717, 1.165) is 16.7 Å². The molecule has 0 atom stereocenters. The lowest BCUT2D eigenvalue weighted by atomic mass is 10.0. The number of H-pyrrole nitrogens is 1. The van der Waals surface area contributed by atoms with Gasteiger partial charge in [0, 0.05) is 15.6 Å². The summed E-state index contributed by atoms with van der Waals surface area (Å²) in [6.07, 6.45) is 0. The number of hydrogen-bond donors (Lipinski definition) is 1. The van der Waals surface area contributed by atoms with Crippen LogP contribution in [0.5, 0.6) is 0 Å². The number of rotatable bonds is 2. The number of nitrogens with one attached hydrogen (secondary N) is 1. The lowest BCUT2D eigenvalue weighted by Gasteiger charge is -2.04. The summed E-state index contributed by atoms with van der Waals surface area (Å²) >= 11 is 12.0. The summed E-state index contributed by atoms with van der Waals surface area (Å²) < 4.78 is 0. The van der Waals surface area contributed by atoms with Gasteiger partial charge in [0.2, 0.25) is 5.82 Å². The summed E-state index contributed by atoms with van der Waals surface area (Å²) in [6, 6.07) is 13.2. The van der Waals surface area contributed by atoms with Gasteiger partial charge < -0.3 is 0 Å². The van der Waals surface area contributed by atoms with Crippen molar-refractivity contribution in [2.24, 2.45) is 0 Å². The van der Waals surface area contributed by atoms with E-state index in [0.29, 0.717) is 15.9 Å². The summed E-state index contributed by atoms with van der Waals surface area (Å²) in [4.78, 5) is 0. The van der Waals surface area contributed by atoms with E-state index in [1.165, 1.54) is 0 Å². The van der Waals surface area contributed by atoms with Crippen LogP contribution >= 0.6 is 23.2 Å². The van der Waals surface area contributed by atoms with Gasteiger partial charge in [-0.05, 0) is 34.5 Å². The van der Waals surface area contributed by atoms with Gasteiger partial charge in [0.1, 0.15) is 0 Å². The lowest BCUT2D eigenvalue weighted by Crippen LogP contribution is -1.83. The second-order valence-electron chi connectivity index (χ2n) is 3.97. The van der Waals surface area contributed by atoms with E-state index < -0.39 is 0 Å². The van der Waals surface area contributed by atoms with Gasteiger partial charge in [0.15, 0.2) is 0 Å². The number of nitrogens with zero attached hydrogens (tertiary/aromatic N) is 3. The standard InChI is InChI=1S/C13H8Cl2N4/c14-11-5-10(6-12(15)7-11)8-1-3-9(4-2-8)13-16-18-19-17-13/h1-7H,(H,16,17,18,19). The molecule has 0 saturated heterocycles. The zero-order chi connectivity index (χ0) is 13.2. The number of hydrogen-bond acceptors (Lipinski definition) is 3. The lowest BCUT2D eigenvalue weighted by molar-refractivity contribution is 0.881. The maximum absolute atomic E-state index is 6.00. The molecule has 1 N–H and O–H groups in total. The molecule has 0 aliphatic rings. The minimum Gasteiger partial charge on any atom is -0.177 e. The molecule has 1 aromatic heterocycles. The molecule has 0 aliphatic heterocycles. The molecular weight excluding hydrogens is 283 g/mol. The Morgan fingerprint density at radius 1 is 0.789 bits per heavy atom. The first-order valence-corrected chi connectivity index (χ1v) is 6.28. The molecule has 0 aliphatic carbocycles. The Morgan fingerprint density at radius 3 is 2.00 bits per heavy atom. The highest BCUT2D eigenvalue weighted by atomic mass is 35.5. The van der Waals surface area contributed by atoms with E-state index >= 15 is 0 Å². The predicted molar refractivity (Wildman–Crippen MR) is 75.1 cm³/mol. The Hall–Kier alpha value is -1.91. The first-order valence-electron chi connectivity index (χ1n) is 5.53. The zero-order valence-electron chi connectivity index (χ0n) is 9.64. The third-order valence-corrected chi connectivity index (χ3v) is 3.12. The summed E-state index contributed by atoms with van der Waals surface area (Å²) in [6.45, 7) is 0. The van der Waals surface area contributed by atoms with Crippen LogP contribution < -0.4 is 0 Å².